The van der Waals surface area contributed by atoms with Gasteiger partial charge in [-0.1, -0.05) is 0 Å². The van der Waals surface area contributed by atoms with Gasteiger partial charge in [0.1, 0.15) is 0 Å². The third kappa shape index (κ3) is 3.48. The minimum Gasteiger partial charge on any atom is -0.359 e. The van der Waals surface area contributed by atoms with E-state index in [9.17, 15) is 9.59 Å². The first-order chi connectivity index (χ1) is 7.69. The summed E-state index contributed by atoms with van der Waals surface area (Å²) in [4.78, 5) is 25.1. The van der Waals surface area contributed by atoms with Crippen molar-refractivity contribution in [3.05, 3.63) is 0 Å². The zero-order valence-electron chi connectivity index (χ0n) is 10.1. The topological polar surface area (TPSA) is 61.4 Å². The molecule has 1 aliphatic heterocycles. The number of piperidine rings is 1. The number of rotatable bonds is 4. The van der Waals surface area contributed by atoms with Gasteiger partial charge in [-0.15, -0.1) is 0 Å². The summed E-state index contributed by atoms with van der Waals surface area (Å²) in [6.45, 7) is 2.05. The predicted octanol–water partition coefficient (Wildman–Crippen LogP) is -0.419. The second kappa shape index (κ2) is 6.48. The molecule has 1 unspecified atom stereocenters. The van der Waals surface area contributed by atoms with Crippen molar-refractivity contribution in [3.8, 4) is 0 Å². The Balaban J connectivity index is 2.43. The zero-order chi connectivity index (χ0) is 12.0. The third-order valence-electron chi connectivity index (χ3n) is 2.98. The summed E-state index contributed by atoms with van der Waals surface area (Å²) in [6.07, 6.45) is 2.32. The standard InChI is InChI=1S/C11H21N3O2/c1-12-6-5-10(15)14-7-3-4-9(8-14)11(16)13-2/h9,12H,3-8H2,1-2H3,(H,13,16). The third-order valence-corrected chi connectivity index (χ3v) is 2.98. The molecule has 0 bridgehead atoms. The Labute approximate surface area is 96.6 Å². The minimum absolute atomic E-state index is 0.0303. The van der Waals surface area contributed by atoms with Gasteiger partial charge >= 0.3 is 0 Å². The maximum absolute atomic E-state index is 11.8. The van der Waals surface area contributed by atoms with Gasteiger partial charge in [-0.25, -0.2) is 0 Å². The van der Waals surface area contributed by atoms with Crippen molar-refractivity contribution in [2.75, 3.05) is 33.7 Å². The molecule has 0 aliphatic carbocycles. The molecule has 1 rings (SSSR count). The Morgan fingerprint density at radius 1 is 1.38 bits per heavy atom. The van der Waals surface area contributed by atoms with Crippen molar-refractivity contribution in [2.24, 2.45) is 5.92 Å². The molecule has 0 saturated carbocycles. The van der Waals surface area contributed by atoms with Crippen molar-refractivity contribution in [1.82, 2.24) is 15.5 Å². The van der Waals surface area contributed by atoms with E-state index in [4.69, 9.17) is 0 Å². The lowest BCUT2D eigenvalue weighted by molar-refractivity contribution is -0.135. The number of likely N-dealkylation sites (tertiary alicyclic amines) is 1. The van der Waals surface area contributed by atoms with E-state index >= 15 is 0 Å². The van der Waals surface area contributed by atoms with Gasteiger partial charge in [0.2, 0.25) is 11.8 Å². The summed E-state index contributed by atoms with van der Waals surface area (Å²) in [5, 5.41) is 5.60. The van der Waals surface area contributed by atoms with E-state index in [0.29, 0.717) is 19.5 Å². The van der Waals surface area contributed by atoms with Crippen LogP contribution < -0.4 is 10.6 Å². The largest absolute Gasteiger partial charge is 0.359 e. The van der Waals surface area contributed by atoms with Crippen molar-refractivity contribution in [1.29, 1.82) is 0 Å². The molecule has 16 heavy (non-hydrogen) atoms. The summed E-state index contributed by atoms with van der Waals surface area (Å²) in [5.74, 6) is 0.159. The Kier molecular flexibility index (Phi) is 5.25. The van der Waals surface area contributed by atoms with Crippen molar-refractivity contribution < 1.29 is 9.59 Å². The highest BCUT2D eigenvalue weighted by Gasteiger charge is 2.27. The first kappa shape index (κ1) is 13.0. The van der Waals surface area contributed by atoms with Gasteiger partial charge in [0.05, 0.1) is 5.92 Å². The highest BCUT2D eigenvalue weighted by atomic mass is 16.2. The summed E-state index contributed by atoms with van der Waals surface area (Å²) in [6, 6.07) is 0. The Bertz CT molecular complexity index is 256. The van der Waals surface area contributed by atoms with Gasteiger partial charge in [0.15, 0.2) is 0 Å². The summed E-state index contributed by atoms with van der Waals surface area (Å²) in [7, 11) is 3.47. The molecular formula is C11H21N3O2. The number of amides is 2. The normalized spacial score (nSPS) is 20.6. The molecule has 1 saturated heterocycles. The van der Waals surface area contributed by atoms with Crippen LogP contribution in [0.25, 0.3) is 0 Å². The van der Waals surface area contributed by atoms with E-state index in [0.717, 1.165) is 19.4 Å². The van der Waals surface area contributed by atoms with Gasteiger partial charge < -0.3 is 15.5 Å². The molecule has 1 aliphatic rings. The maximum Gasteiger partial charge on any atom is 0.224 e. The summed E-state index contributed by atoms with van der Waals surface area (Å²) < 4.78 is 0. The van der Waals surface area contributed by atoms with E-state index < -0.39 is 0 Å². The van der Waals surface area contributed by atoms with Crippen LogP contribution in [0.15, 0.2) is 0 Å². The Morgan fingerprint density at radius 2 is 2.12 bits per heavy atom. The molecule has 5 heteroatoms. The molecule has 0 radical (unpaired) electrons. The second-order valence-corrected chi connectivity index (χ2v) is 4.15. The van der Waals surface area contributed by atoms with E-state index in [1.54, 1.807) is 11.9 Å². The van der Waals surface area contributed by atoms with Crippen LogP contribution in [0.2, 0.25) is 0 Å². The Morgan fingerprint density at radius 3 is 2.75 bits per heavy atom. The molecule has 2 amide bonds. The molecule has 5 nitrogen and oxygen atoms in total. The van der Waals surface area contributed by atoms with Crippen molar-refractivity contribution in [3.63, 3.8) is 0 Å². The summed E-state index contributed by atoms with van der Waals surface area (Å²) >= 11 is 0. The van der Waals surface area contributed by atoms with E-state index in [-0.39, 0.29) is 17.7 Å². The van der Waals surface area contributed by atoms with Crippen LogP contribution in [0.5, 0.6) is 0 Å². The lowest BCUT2D eigenvalue weighted by Crippen LogP contribution is -2.45. The minimum atomic E-state index is -0.0303. The molecule has 2 N–H and O–H groups in total. The smallest absolute Gasteiger partial charge is 0.224 e. The molecule has 0 aromatic heterocycles. The molecule has 0 aromatic carbocycles. The average molecular weight is 227 g/mol. The van der Waals surface area contributed by atoms with Crippen LogP contribution >= 0.6 is 0 Å². The quantitative estimate of drug-likeness (QED) is 0.686. The first-order valence-electron chi connectivity index (χ1n) is 5.83. The van der Waals surface area contributed by atoms with E-state index in [2.05, 4.69) is 10.6 Å². The van der Waals surface area contributed by atoms with Gasteiger partial charge in [-0.2, -0.15) is 0 Å². The highest BCUT2D eigenvalue weighted by molar-refractivity contribution is 5.81. The van der Waals surface area contributed by atoms with Crippen molar-refractivity contribution in [2.45, 2.75) is 19.3 Å². The molecule has 1 fully saturated rings. The van der Waals surface area contributed by atoms with Gasteiger partial charge in [0, 0.05) is 33.1 Å². The average Bonchev–Trinajstić information content (AvgIpc) is 2.35. The molecule has 0 aromatic rings. The molecular weight excluding hydrogens is 206 g/mol. The maximum atomic E-state index is 11.8. The molecule has 92 valence electrons. The van der Waals surface area contributed by atoms with Gasteiger partial charge in [-0.3, -0.25) is 9.59 Å². The second-order valence-electron chi connectivity index (χ2n) is 4.15. The summed E-state index contributed by atoms with van der Waals surface area (Å²) in [5.41, 5.74) is 0. The van der Waals surface area contributed by atoms with Crippen LogP contribution in [0.4, 0.5) is 0 Å². The lowest BCUT2D eigenvalue weighted by atomic mass is 9.97. The first-order valence-corrected chi connectivity index (χ1v) is 5.83. The number of carbonyl (C=O) groups is 2. The molecule has 1 heterocycles. The zero-order valence-corrected chi connectivity index (χ0v) is 10.1. The molecule has 0 spiro atoms. The monoisotopic (exact) mass is 227 g/mol. The fourth-order valence-corrected chi connectivity index (χ4v) is 2.01. The fourth-order valence-electron chi connectivity index (χ4n) is 2.01. The van der Waals surface area contributed by atoms with Crippen LogP contribution in [0.3, 0.4) is 0 Å². The SMILES string of the molecule is CNCCC(=O)N1CCCC(C(=O)NC)C1. The van der Waals surface area contributed by atoms with Gasteiger partial charge in [-0.05, 0) is 19.9 Å². The van der Waals surface area contributed by atoms with E-state index in [1.807, 2.05) is 7.05 Å². The van der Waals surface area contributed by atoms with Gasteiger partial charge in [0.25, 0.3) is 0 Å². The number of nitrogens with one attached hydrogen (secondary N) is 2. The number of nitrogens with zero attached hydrogens (tertiary/aromatic N) is 1. The highest BCUT2D eigenvalue weighted by Crippen LogP contribution is 2.17. The van der Waals surface area contributed by atoms with E-state index in [1.165, 1.54) is 0 Å². The molecule has 1 atom stereocenters. The van der Waals surface area contributed by atoms with Crippen LogP contribution in [-0.4, -0.2) is 50.4 Å². The van der Waals surface area contributed by atoms with Crippen molar-refractivity contribution >= 4 is 11.8 Å². The van der Waals surface area contributed by atoms with Crippen LogP contribution in [0.1, 0.15) is 19.3 Å². The predicted molar refractivity (Wildman–Crippen MR) is 61.9 cm³/mol. The Hall–Kier alpha value is -1.10. The lowest BCUT2D eigenvalue weighted by Gasteiger charge is -2.31. The number of hydrogen-bond acceptors (Lipinski definition) is 3. The van der Waals surface area contributed by atoms with Crippen LogP contribution in [0, 0.1) is 5.92 Å². The fraction of sp³-hybridized carbons (Fsp3) is 0.818. The van der Waals surface area contributed by atoms with Crippen LogP contribution in [-0.2, 0) is 9.59 Å². The number of hydrogen-bond donors (Lipinski definition) is 2. The number of carbonyl (C=O) groups excluding carboxylic acids is 2.